The Bertz CT molecular complexity index is 101. The van der Waals surface area contributed by atoms with Crippen molar-refractivity contribution in [2.24, 2.45) is 11.7 Å². The van der Waals surface area contributed by atoms with Gasteiger partial charge in [0.2, 0.25) is 5.91 Å². The Morgan fingerprint density at radius 1 is 1.67 bits per heavy atom. The molecule has 0 aromatic rings. The Hall–Kier alpha value is -0.280. The number of carbonyl (C=O) groups is 1. The Balaban J connectivity index is 0.000000640. The van der Waals surface area contributed by atoms with Crippen LogP contribution in [0.5, 0.6) is 0 Å². The zero-order valence-corrected chi connectivity index (χ0v) is 5.91. The van der Waals surface area contributed by atoms with E-state index in [9.17, 15) is 4.79 Å². The average molecular weight is 151 g/mol. The summed E-state index contributed by atoms with van der Waals surface area (Å²) in [6.07, 6.45) is 0.912. The van der Waals surface area contributed by atoms with Gasteiger partial charge < -0.3 is 11.1 Å². The zero-order chi connectivity index (χ0) is 5.98. The Kier molecular flexibility index (Phi) is 3.58. The van der Waals surface area contributed by atoms with E-state index in [1.165, 1.54) is 0 Å². The zero-order valence-electron chi connectivity index (χ0n) is 5.09. The minimum atomic E-state index is -0.171. The van der Waals surface area contributed by atoms with Crippen molar-refractivity contribution in [2.75, 3.05) is 13.1 Å². The van der Waals surface area contributed by atoms with Gasteiger partial charge in [-0.15, -0.1) is 12.4 Å². The lowest BCUT2D eigenvalue weighted by Crippen LogP contribution is -2.24. The minimum Gasteiger partial charge on any atom is -0.369 e. The summed E-state index contributed by atoms with van der Waals surface area (Å²) >= 11 is 0. The molecular formula is C5H11ClN2O. The van der Waals surface area contributed by atoms with Gasteiger partial charge in [0.25, 0.3) is 0 Å². The minimum absolute atomic E-state index is 0. The number of halogens is 1. The molecule has 3 N–H and O–H groups in total. The van der Waals surface area contributed by atoms with Crippen molar-refractivity contribution in [3.8, 4) is 0 Å². The molecular weight excluding hydrogens is 140 g/mol. The molecule has 0 aromatic heterocycles. The molecule has 0 spiro atoms. The van der Waals surface area contributed by atoms with Crippen LogP contribution in [0.25, 0.3) is 0 Å². The first-order valence-corrected chi connectivity index (χ1v) is 2.81. The van der Waals surface area contributed by atoms with Crippen molar-refractivity contribution in [1.82, 2.24) is 5.32 Å². The molecule has 1 heterocycles. The second-order valence-electron chi connectivity index (χ2n) is 2.09. The molecule has 1 saturated heterocycles. The Morgan fingerprint density at radius 2 is 2.33 bits per heavy atom. The fourth-order valence-electron chi connectivity index (χ4n) is 0.897. The van der Waals surface area contributed by atoms with Crippen LogP contribution in [0.3, 0.4) is 0 Å². The molecule has 0 saturated carbocycles. The fourth-order valence-corrected chi connectivity index (χ4v) is 0.897. The maximum atomic E-state index is 10.4. The number of carbonyl (C=O) groups excluding carboxylic acids is 1. The summed E-state index contributed by atoms with van der Waals surface area (Å²) in [6, 6.07) is 0. The predicted octanol–water partition coefficient (Wildman–Crippen LogP) is -0.497. The molecule has 1 aliphatic heterocycles. The van der Waals surface area contributed by atoms with E-state index in [2.05, 4.69) is 5.32 Å². The number of primary amides is 1. The monoisotopic (exact) mass is 150 g/mol. The van der Waals surface area contributed by atoms with Crippen molar-refractivity contribution in [2.45, 2.75) is 6.42 Å². The number of amides is 1. The number of nitrogens with one attached hydrogen (secondary N) is 1. The van der Waals surface area contributed by atoms with Gasteiger partial charge in [-0.05, 0) is 13.0 Å². The molecule has 1 rings (SSSR count). The van der Waals surface area contributed by atoms with Gasteiger partial charge in [-0.1, -0.05) is 0 Å². The molecule has 54 valence electrons. The first-order valence-electron chi connectivity index (χ1n) is 2.81. The summed E-state index contributed by atoms with van der Waals surface area (Å²) in [4.78, 5) is 10.4. The van der Waals surface area contributed by atoms with Crippen molar-refractivity contribution >= 4 is 18.3 Å². The normalized spacial score (nSPS) is 25.1. The maximum absolute atomic E-state index is 10.4. The highest BCUT2D eigenvalue weighted by molar-refractivity contribution is 5.85. The van der Waals surface area contributed by atoms with Crippen molar-refractivity contribution < 1.29 is 4.79 Å². The lowest BCUT2D eigenvalue weighted by Gasteiger charge is -1.98. The van der Waals surface area contributed by atoms with Crippen LogP contribution in [0.4, 0.5) is 0 Å². The van der Waals surface area contributed by atoms with E-state index in [-0.39, 0.29) is 24.2 Å². The van der Waals surface area contributed by atoms with Gasteiger partial charge in [-0.2, -0.15) is 0 Å². The lowest BCUT2D eigenvalue weighted by molar-refractivity contribution is -0.121. The Morgan fingerprint density at radius 3 is 2.56 bits per heavy atom. The van der Waals surface area contributed by atoms with E-state index in [0.717, 1.165) is 19.5 Å². The molecule has 1 atom stereocenters. The van der Waals surface area contributed by atoms with Gasteiger partial charge in [0, 0.05) is 6.54 Å². The van der Waals surface area contributed by atoms with E-state index in [1.807, 2.05) is 0 Å². The number of nitrogens with two attached hydrogens (primary N) is 1. The average Bonchev–Trinajstić information content (AvgIpc) is 2.12. The number of hydrogen-bond acceptors (Lipinski definition) is 2. The molecule has 0 bridgehead atoms. The summed E-state index contributed by atoms with van der Waals surface area (Å²) in [5, 5.41) is 3.05. The molecule has 1 aliphatic rings. The van der Waals surface area contributed by atoms with Crippen LogP contribution in [0, 0.1) is 5.92 Å². The second-order valence-corrected chi connectivity index (χ2v) is 2.09. The molecule has 0 unspecified atom stereocenters. The number of hydrogen-bond donors (Lipinski definition) is 2. The molecule has 9 heavy (non-hydrogen) atoms. The van der Waals surface area contributed by atoms with E-state index in [4.69, 9.17) is 5.73 Å². The molecule has 0 radical (unpaired) electrons. The van der Waals surface area contributed by atoms with E-state index in [0.29, 0.717) is 0 Å². The molecule has 3 nitrogen and oxygen atoms in total. The summed E-state index contributed by atoms with van der Waals surface area (Å²) in [5.41, 5.74) is 5.02. The van der Waals surface area contributed by atoms with Crippen LogP contribution in [-0.4, -0.2) is 19.0 Å². The summed E-state index contributed by atoms with van der Waals surface area (Å²) < 4.78 is 0. The first-order chi connectivity index (χ1) is 3.80. The maximum Gasteiger partial charge on any atom is 0.221 e. The molecule has 1 amide bonds. The Labute approximate surface area is 60.4 Å². The van der Waals surface area contributed by atoms with Crippen LogP contribution in [-0.2, 0) is 4.79 Å². The third kappa shape index (κ3) is 2.20. The lowest BCUT2D eigenvalue weighted by atomic mass is 10.1. The van der Waals surface area contributed by atoms with E-state index in [1.54, 1.807) is 0 Å². The topological polar surface area (TPSA) is 55.1 Å². The summed E-state index contributed by atoms with van der Waals surface area (Å²) in [7, 11) is 0. The van der Waals surface area contributed by atoms with Crippen LogP contribution < -0.4 is 11.1 Å². The van der Waals surface area contributed by atoms with E-state index >= 15 is 0 Å². The van der Waals surface area contributed by atoms with Crippen LogP contribution >= 0.6 is 12.4 Å². The van der Waals surface area contributed by atoms with Crippen molar-refractivity contribution in [3.05, 3.63) is 0 Å². The summed E-state index contributed by atoms with van der Waals surface area (Å²) in [5.74, 6) is -0.0787. The van der Waals surface area contributed by atoms with Gasteiger partial charge in [-0.25, -0.2) is 0 Å². The molecule has 0 aliphatic carbocycles. The quantitative estimate of drug-likeness (QED) is 0.530. The third-order valence-electron chi connectivity index (χ3n) is 1.46. The molecule has 1 fully saturated rings. The van der Waals surface area contributed by atoms with Crippen molar-refractivity contribution in [3.63, 3.8) is 0 Å². The predicted molar refractivity (Wildman–Crippen MR) is 37.4 cm³/mol. The van der Waals surface area contributed by atoms with Gasteiger partial charge in [0.1, 0.15) is 0 Å². The first kappa shape index (κ1) is 8.72. The fraction of sp³-hybridized carbons (Fsp3) is 0.800. The highest BCUT2D eigenvalue weighted by atomic mass is 35.5. The van der Waals surface area contributed by atoms with Gasteiger partial charge >= 0.3 is 0 Å². The van der Waals surface area contributed by atoms with Crippen LogP contribution in [0.2, 0.25) is 0 Å². The highest BCUT2D eigenvalue weighted by Gasteiger charge is 2.18. The van der Waals surface area contributed by atoms with Gasteiger partial charge in [0.15, 0.2) is 0 Å². The smallest absolute Gasteiger partial charge is 0.221 e. The van der Waals surface area contributed by atoms with Gasteiger partial charge in [-0.3, -0.25) is 4.79 Å². The highest BCUT2D eigenvalue weighted by Crippen LogP contribution is 2.04. The number of rotatable bonds is 1. The van der Waals surface area contributed by atoms with Crippen LogP contribution in [0.1, 0.15) is 6.42 Å². The third-order valence-corrected chi connectivity index (χ3v) is 1.46. The SMILES string of the molecule is Cl.NC(=O)[C@H]1CCNC1. The summed E-state index contributed by atoms with van der Waals surface area (Å²) in [6.45, 7) is 1.71. The van der Waals surface area contributed by atoms with Crippen LogP contribution in [0.15, 0.2) is 0 Å². The van der Waals surface area contributed by atoms with Gasteiger partial charge in [0.05, 0.1) is 5.92 Å². The standard InChI is InChI=1S/C5H10N2O.ClH/c6-5(8)4-1-2-7-3-4;/h4,7H,1-3H2,(H2,6,8);1H/t4-;/m0./s1. The largest absolute Gasteiger partial charge is 0.369 e. The second kappa shape index (κ2) is 3.69. The van der Waals surface area contributed by atoms with Crippen molar-refractivity contribution in [1.29, 1.82) is 0 Å². The van der Waals surface area contributed by atoms with E-state index < -0.39 is 0 Å². The molecule has 4 heteroatoms. The molecule has 0 aromatic carbocycles.